The Morgan fingerprint density at radius 2 is 1.67 bits per heavy atom. The number of piperazine rings is 1. The van der Waals surface area contributed by atoms with E-state index in [1.165, 1.54) is 31.2 Å². The van der Waals surface area contributed by atoms with Crippen LogP contribution < -0.4 is 0 Å². The largest absolute Gasteiger partial charge is 0.340 e. The first-order valence-electron chi connectivity index (χ1n) is 9.26. The summed E-state index contributed by atoms with van der Waals surface area (Å²) < 4.78 is 0. The molecule has 2 atom stereocenters. The van der Waals surface area contributed by atoms with E-state index < -0.39 is 0 Å². The fraction of sp³-hybridized carbons (Fsp3) is 0.600. The molecule has 1 aliphatic heterocycles. The summed E-state index contributed by atoms with van der Waals surface area (Å²) in [6, 6.07) is 9.98. The highest BCUT2D eigenvalue weighted by Gasteiger charge is 2.55. The number of hydrogen-bond acceptors (Lipinski definition) is 3. The van der Waals surface area contributed by atoms with Crippen LogP contribution in [0.2, 0.25) is 0 Å². The number of carbonyl (C=O) groups excluding carboxylic acids is 1. The summed E-state index contributed by atoms with van der Waals surface area (Å²) in [5, 5.41) is 8.86. The minimum atomic E-state index is 0.359. The van der Waals surface area contributed by atoms with Gasteiger partial charge in [-0.05, 0) is 42.4 Å². The van der Waals surface area contributed by atoms with Crippen LogP contribution in [0, 0.1) is 29.1 Å². The summed E-state index contributed by atoms with van der Waals surface area (Å²) in [4.78, 5) is 17.3. The average Bonchev–Trinajstić information content (AvgIpc) is 3.37. The number of nitriles is 1. The molecule has 1 saturated heterocycles. The SMILES string of the molecule is N#Cc1ccc(CN2CCN(C(=O)C3C4CCCCC43)CC2)cc1. The van der Waals surface area contributed by atoms with Crippen LogP contribution in [0.15, 0.2) is 24.3 Å². The van der Waals surface area contributed by atoms with Gasteiger partial charge in [-0.25, -0.2) is 0 Å². The van der Waals surface area contributed by atoms with Gasteiger partial charge in [-0.3, -0.25) is 9.69 Å². The lowest BCUT2D eigenvalue weighted by atomic mass is 10.0. The molecule has 126 valence electrons. The third kappa shape index (κ3) is 3.06. The number of hydrogen-bond donors (Lipinski definition) is 0. The van der Waals surface area contributed by atoms with Crippen molar-refractivity contribution in [1.29, 1.82) is 5.26 Å². The number of benzene rings is 1. The Bertz CT molecular complexity index is 628. The van der Waals surface area contributed by atoms with Crippen molar-refractivity contribution in [2.75, 3.05) is 26.2 Å². The number of amides is 1. The molecule has 0 N–H and O–H groups in total. The van der Waals surface area contributed by atoms with E-state index in [-0.39, 0.29) is 0 Å². The molecule has 4 rings (SSSR count). The molecule has 1 aromatic carbocycles. The first kappa shape index (κ1) is 15.7. The summed E-state index contributed by atoms with van der Waals surface area (Å²) in [6.45, 7) is 4.54. The molecule has 0 spiro atoms. The van der Waals surface area contributed by atoms with Crippen LogP contribution in [0.4, 0.5) is 0 Å². The predicted octanol–water partition coefficient (Wildman–Crippen LogP) is 2.64. The number of nitrogens with zero attached hydrogens (tertiary/aromatic N) is 3. The molecule has 1 aromatic rings. The van der Waals surface area contributed by atoms with Gasteiger partial charge in [-0.2, -0.15) is 5.26 Å². The summed E-state index contributed by atoms with van der Waals surface area (Å²) in [5.41, 5.74) is 1.95. The van der Waals surface area contributed by atoms with Crippen molar-refractivity contribution in [2.24, 2.45) is 17.8 Å². The molecule has 3 fully saturated rings. The van der Waals surface area contributed by atoms with Gasteiger partial charge in [0.1, 0.15) is 0 Å². The summed E-state index contributed by atoms with van der Waals surface area (Å²) in [5.74, 6) is 2.22. The van der Waals surface area contributed by atoms with E-state index in [1.807, 2.05) is 24.3 Å². The highest BCUT2D eigenvalue weighted by molar-refractivity contribution is 5.82. The predicted molar refractivity (Wildman–Crippen MR) is 92.0 cm³/mol. The molecule has 3 aliphatic rings. The van der Waals surface area contributed by atoms with Crippen LogP contribution in [-0.4, -0.2) is 41.9 Å². The smallest absolute Gasteiger partial charge is 0.226 e. The normalized spacial score (nSPS) is 29.6. The fourth-order valence-corrected chi connectivity index (χ4v) is 4.64. The van der Waals surface area contributed by atoms with Crippen molar-refractivity contribution in [2.45, 2.75) is 32.2 Å². The number of fused-ring (bicyclic) bond motifs is 1. The lowest BCUT2D eigenvalue weighted by Crippen LogP contribution is -2.49. The second kappa shape index (κ2) is 6.57. The van der Waals surface area contributed by atoms with Gasteiger partial charge in [0.05, 0.1) is 11.6 Å². The van der Waals surface area contributed by atoms with E-state index in [4.69, 9.17) is 5.26 Å². The number of rotatable bonds is 3. The van der Waals surface area contributed by atoms with Crippen molar-refractivity contribution >= 4 is 5.91 Å². The maximum absolute atomic E-state index is 12.7. The third-order valence-corrected chi connectivity index (χ3v) is 6.11. The van der Waals surface area contributed by atoms with Gasteiger partial charge in [-0.15, -0.1) is 0 Å². The molecule has 0 bridgehead atoms. The van der Waals surface area contributed by atoms with Gasteiger partial charge in [0, 0.05) is 38.6 Å². The Labute approximate surface area is 144 Å². The zero-order chi connectivity index (χ0) is 16.5. The van der Waals surface area contributed by atoms with Crippen molar-refractivity contribution in [3.63, 3.8) is 0 Å². The van der Waals surface area contributed by atoms with E-state index in [9.17, 15) is 4.79 Å². The van der Waals surface area contributed by atoms with Crippen molar-refractivity contribution in [3.8, 4) is 6.07 Å². The van der Waals surface area contributed by atoms with Gasteiger partial charge in [0.2, 0.25) is 5.91 Å². The van der Waals surface area contributed by atoms with Crippen LogP contribution >= 0.6 is 0 Å². The lowest BCUT2D eigenvalue weighted by Gasteiger charge is -2.35. The molecule has 4 nitrogen and oxygen atoms in total. The van der Waals surface area contributed by atoms with Crippen molar-refractivity contribution < 1.29 is 4.79 Å². The first-order chi connectivity index (χ1) is 11.8. The minimum Gasteiger partial charge on any atom is -0.340 e. The highest BCUT2D eigenvalue weighted by Crippen LogP contribution is 2.56. The van der Waals surface area contributed by atoms with Gasteiger partial charge < -0.3 is 4.90 Å². The minimum absolute atomic E-state index is 0.359. The second-order valence-electron chi connectivity index (χ2n) is 7.55. The summed E-state index contributed by atoms with van der Waals surface area (Å²) in [6.07, 6.45) is 5.20. The Morgan fingerprint density at radius 3 is 2.25 bits per heavy atom. The fourth-order valence-electron chi connectivity index (χ4n) is 4.64. The molecule has 2 saturated carbocycles. The van der Waals surface area contributed by atoms with Gasteiger partial charge >= 0.3 is 0 Å². The van der Waals surface area contributed by atoms with Crippen LogP contribution in [0.5, 0.6) is 0 Å². The summed E-state index contributed by atoms with van der Waals surface area (Å²) in [7, 11) is 0. The Balaban J connectivity index is 1.27. The maximum atomic E-state index is 12.7. The zero-order valence-electron chi connectivity index (χ0n) is 14.2. The van der Waals surface area contributed by atoms with E-state index in [1.54, 1.807) is 0 Å². The topological polar surface area (TPSA) is 47.3 Å². The van der Waals surface area contributed by atoms with Crippen molar-refractivity contribution in [1.82, 2.24) is 9.80 Å². The van der Waals surface area contributed by atoms with Crippen molar-refractivity contribution in [3.05, 3.63) is 35.4 Å². The second-order valence-corrected chi connectivity index (χ2v) is 7.55. The third-order valence-electron chi connectivity index (χ3n) is 6.11. The van der Waals surface area contributed by atoms with Crippen LogP contribution in [0.25, 0.3) is 0 Å². The van der Waals surface area contributed by atoms with Gasteiger partial charge in [-0.1, -0.05) is 25.0 Å². The lowest BCUT2D eigenvalue weighted by molar-refractivity contribution is -0.135. The molecule has 4 heteroatoms. The van der Waals surface area contributed by atoms with Gasteiger partial charge in [0.25, 0.3) is 0 Å². The maximum Gasteiger partial charge on any atom is 0.226 e. The zero-order valence-corrected chi connectivity index (χ0v) is 14.2. The molecule has 24 heavy (non-hydrogen) atoms. The summed E-state index contributed by atoms with van der Waals surface area (Å²) >= 11 is 0. The molecular weight excluding hydrogens is 298 g/mol. The highest BCUT2D eigenvalue weighted by atomic mass is 16.2. The molecule has 2 unspecified atom stereocenters. The Morgan fingerprint density at radius 1 is 1.04 bits per heavy atom. The molecule has 1 heterocycles. The first-order valence-corrected chi connectivity index (χ1v) is 9.26. The standard InChI is InChI=1S/C20H25N3O/c21-13-15-5-7-16(8-6-15)14-22-9-11-23(12-10-22)20(24)19-17-3-1-2-4-18(17)19/h5-8,17-19H,1-4,9-12,14H2. The van der Waals surface area contributed by atoms with Crippen LogP contribution in [0.3, 0.4) is 0 Å². The van der Waals surface area contributed by atoms with Gasteiger partial charge in [0.15, 0.2) is 0 Å². The molecule has 0 aromatic heterocycles. The quantitative estimate of drug-likeness (QED) is 0.859. The Kier molecular flexibility index (Phi) is 4.28. The number of carbonyl (C=O) groups is 1. The molecule has 2 aliphatic carbocycles. The molecule has 1 amide bonds. The van der Waals surface area contributed by atoms with E-state index in [0.29, 0.717) is 29.2 Å². The Hall–Kier alpha value is -1.86. The van der Waals surface area contributed by atoms with Crippen LogP contribution in [0.1, 0.15) is 36.8 Å². The molecule has 0 radical (unpaired) electrons. The monoisotopic (exact) mass is 323 g/mol. The average molecular weight is 323 g/mol. The van der Waals surface area contributed by atoms with E-state index in [0.717, 1.165) is 32.7 Å². The van der Waals surface area contributed by atoms with E-state index in [2.05, 4.69) is 15.9 Å². The van der Waals surface area contributed by atoms with Crippen LogP contribution in [-0.2, 0) is 11.3 Å². The van der Waals surface area contributed by atoms with E-state index >= 15 is 0 Å². The molecular formula is C20H25N3O.